The SMILES string of the molecule is N#Cc1c(F)cccc1S(=O)(=O)NC1(C(=O)O)CCCC1. The number of rotatable bonds is 4. The van der Waals surface area contributed by atoms with Crippen LogP contribution in [0.15, 0.2) is 23.1 Å². The standard InChI is InChI=1S/C13H13FN2O4S/c14-10-4-3-5-11(9(10)8-15)21(19,20)16-13(12(17)18)6-1-2-7-13/h3-5,16H,1-2,6-7H2,(H,17,18). The summed E-state index contributed by atoms with van der Waals surface area (Å²) in [5.74, 6) is -2.23. The number of carbonyl (C=O) groups is 1. The molecule has 21 heavy (non-hydrogen) atoms. The predicted octanol–water partition coefficient (Wildman–Crippen LogP) is 1.37. The van der Waals surface area contributed by atoms with Crippen molar-refractivity contribution >= 4 is 16.0 Å². The van der Waals surface area contributed by atoms with Gasteiger partial charge in [-0.3, -0.25) is 4.79 Å². The van der Waals surface area contributed by atoms with E-state index in [0.29, 0.717) is 12.8 Å². The van der Waals surface area contributed by atoms with Crippen molar-refractivity contribution in [3.8, 4) is 6.07 Å². The van der Waals surface area contributed by atoms with E-state index in [2.05, 4.69) is 4.72 Å². The summed E-state index contributed by atoms with van der Waals surface area (Å²) in [6.45, 7) is 0. The molecule has 0 saturated heterocycles. The minimum absolute atomic E-state index is 0.165. The van der Waals surface area contributed by atoms with Crippen LogP contribution in [-0.2, 0) is 14.8 Å². The van der Waals surface area contributed by atoms with Crippen LogP contribution >= 0.6 is 0 Å². The van der Waals surface area contributed by atoms with Crippen LogP contribution in [0.2, 0.25) is 0 Å². The molecule has 0 spiro atoms. The van der Waals surface area contributed by atoms with Gasteiger partial charge in [-0.15, -0.1) is 0 Å². The lowest BCUT2D eigenvalue weighted by Gasteiger charge is -2.25. The number of aliphatic carboxylic acids is 1. The Kier molecular flexibility index (Phi) is 3.98. The second-order valence-corrected chi connectivity index (χ2v) is 6.58. The molecule has 112 valence electrons. The third-order valence-electron chi connectivity index (χ3n) is 3.57. The summed E-state index contributed by atoms with van der Waals surface area (Å²) in [5.41, 5.74) is -2.21. The molecule has 0 bridgehead atoms. The number of hydrogen-bond acceptors (Lipinski definition) is 4. The van der Waals surface area contributed by atoms with Gasteiger partial charge >= 0.3 is 5.97 Å². The lowest BCUT2D eigenvalue weighted by atomic mass is 10.0. The first-order valence-corrected chi connectivity index (χ1v) is 7.77. The summed E-state index contributed by atoms with van der Waals surface area (Å²) >= 11 is 0. The van der Waals surface area contributed by atoms with Crippen molar-refractivity contribution in [1.82, 2.24) is 4.72 Å². The highest BCUT2D eigenvalue weighted by Gasteiger charge is 2.45. The van der Waals surface area contributed by atoms with E-state index in [-0.39, 0.29) is 12.8 Å². The number of nitriles is 1. The van der Waals surface area contributed by atoms with Gasteiger partial charge in [0.05, 0.1) is 0 Å². The van der Waals surface area contributed by atoms with Gasteiger partial charge in [0.25, 0.3) is 0 Å². The number of nitrogens with one attached hydrogen (secondary N) is 1. The lowest BCUT2D eigenvalue weighted by Crippen LogP contribution is -2.52. The molecule has 0 atom stereocenters. The maximum atomic E-state index is 13.5. The minimum Gasteiger partial charge on any atom is -0.480 e. The average molecular weight is 312 g/mol. The molecular weight excluding hydrogens is 299 g/mol. The molecule has 1 aromatic carbocycles. The highest BCUT2D eigenvalue weighted by molar-refractivity contribution is 7.89. The van der Waals surface area contributed by atoms with Gasteiger partial charge in [0.15, 0.2) is 0 Å². The van der Waals surface area contributed by atoms with E-state index in [0.717, 1.165) is 18.2 Å². The van der Waals surface area contributed by atoms with Gasteiger partial charge in [-0.05, 0) is 25.0 Å². The Labute approximate surface area is 121 Å². The lowest BCUT2D eigenvalue weighted by molar-refractivity contribution is -0.143. The average Bonchev–Trinajstić information content (AvgIpc) is 2.87. The van der Waals surface area contributed by atoms with E-state index in [1.165, 1.54) is 6.07 Å². The summed E-state index contributed by atoms with van der Waals surface area (Å²) in [5, 5.41) is 18.2. The maximum Gasteiger partial charge on any atom is 0.324 e. The molecule has 0 heterocycles. The molecule has 8 heteroatoms. The molecule has 1 aliphatic carbocycles. The zero-order valence-electron chi connectivity index (χ0n) is 11.0. The quantitative estimate of drug-likeness (QED) is 0.873. The molecule has 1 saturated carbocycles. The maximum absolute atomic E-state index is 13.5. The fourth-order valence-corrected chi connectivity index (χ4v) is 4.07. The fourth-order valence-electron chi connectivity index (χ4n) is 2.49. The van der Waals surface area contributed by atoms with Gasteiger partial charge in [0, 0.05) is 0 Å². The fraction of sp³-hybridized carbons (Fsp3) is 0.385. The van der Waals surface area contributed by atoms with E-state index in [1.54, 1.807) is 0 Å². The smallest absolute Gasteiger partial charge is 0.324 e. The Balaban J connectivity index is 2.47. The second kappa shape index (κ2) is 5.42. The van der Waals surface area contributed by atoms with Crippen molar-refractivity contribution in [2.75, 3.05) is 0 Å². The second-order valence-electron chi connectivity index (χ2n) is 4.92. The first-order valence-electron chi connectivity index (χ1n) is 6.28. The van der Waals surface area contributed by atoms with Gasteiger partial charge in [0.1, 0.15) is 27.9 Å². The molecule has 0 unspecified atom stereocenters. The summed E-state index contributed by atoms with van der Waals surface area (Å²) in [4.78, 5) is 10.8. The first-order chi connectivity index (χ1) is 9.82. The predicted molar refractivity (Wildman–Crippen MR) is 70.3 cm³/mol. The van der Waals surface area contributed by atoms with Crippen LogP contribution in [0, 0.1) is 17.1 Å². The Morgan fingerprint density at radius 3 is 2.52 bits per heavy atom. The minimum atomic E-state index is -4.31. The van der Waals surface area contributed by atoms with Crippen LogP contribution in [0.1, 0.15) is 31.2 Å². The van der Waals surface area contributed by atoms with Crippen molar-refractivity contribution in [2.45, 2.75) is 36.1 Å². The van der Waals surface area contributed by atoms with Crippen molar-refractivity contribution in [3.05, 3.63) is 29.6 Å². The highest BCUT2D eigenvalue weighted by atomic mass is 32.2. The Morgan fingerprint density at radius 2 is 2.00 bits per heavy atom. The number of carboxylic acid groups (broad SMARTS) is 1. The largest absolute Gasteiger partial charge is 0.480 e. The van der Waals surface area contributed by atoms with E-state index in [9.17, 15) is 22.7 Å². The molecule has 0 amide bonds. The monoisotopic (exact) mass is 312 g/mol. The van der Waals surface area contributed by atoms with E-state index in [4.69, 9.17) is 5.26 Å². The van der Waals surface area contributed by atoms with Crippen molar-refractivity contribution in [3.63, 3.8) is 0 Å². The summed E-state index contributed by atoms with van der Waals surface area (Å²) < 4.78 is 40.3. The topological polar surface area (TPSA) is 107 Å². The molecule has 0 aliphatic heterocycles. The van der Waals surface area contributed by atoms with Gasteiger partial charge in [-0.1, -0.05) is 18.9 Å². The Morgan fingerprint density at radius 1 is 1.38 bits per heavy atom. The van der Waals surface area contributed by atoms with Crippen molar-refractivity contribution in [2.24, 2.45) is 0 Å². The third-order valence-corrected chi connectivity index (χ3v) is 5.15. The van der Waals surface area contributed by atoms with Crippen LogP contribution in [0.4, 0.5) is 4.39 Å². The number of hydrogen-bond donors (Lipinski definition) is 2. The zero-order chi connectivity index (χ0) is 15.7. The number of nitrogens with zero attached hydrogens (tertiary/aromatic N) is 1. The molecular formula is C13H13FN2O4S. The molecule has 6 nitrogen and oxygen atoms in total. The van der Waals surface area contributed by atoms with Crippen LogP contribution in [0.3, 0.4) is 0 Å². The molecule has 1 fully saturated rings. The normalized spacial score (nSPS) is 17.3. The van der Waals surface area contributed by atoms with Crippen LogP contribution < -0.4 is 4.72 Å². The van der Waals surface area contributed by atoms with E-state index >= 15 is 0 Å². The van der Waals surface area contributed by atoms with Crippen molar-refractivity contribution in [1.29, 1.82) is 5.26 Å². The van der Waals surface area contributed by atoms with Crippen LogP contribution in [0.25, 0.3) is 0 Å². The van der Waals surface area contributed by atoms with Crippen molar-refractivity contribution < 1.29 is 22.7 Å². The van der Waals surface area contributed by atoms with E-state index in [1.807, 2.05) is 0 Å². The Bertz CT molecular complexity index is 718. The number of benzene rings is 1. The molecule has 1 aliphatic rings. The Hall–Kier alpha value is -1.98. The molecule has 0 aromatic heterocycles. The molecule has 2 N–H and O–H groups in total. The van der Waals surface area contributed by atoms with Crippen LogP contribution in [-0.4, -0.2) is 25.0 Å². The first kappa shape index (κ1) is 15.4. The van der Waals surface area contributed by atoms with E-state index < -0.39 is 37.8 Å². The third kappa shape index (κ3) is 2.75. The van der Waals surface area contributed by atoms with Gasteiger partial charge in [0.2, 0.25) is 10.0 Å². The summed E-state index contributed by atoms with van der Waals surface area (Å²) in [6.07, 6.45) is 1.50. The van der Waals surface area contributed by atoms with Gasteiger partial charge in [-0.25, -0.2) is 12.8 Å². The summed E-state index contributed by atoms with van der Waals surface area (Å²) in [6, 6.07) is 4.70. The van der Waals surface area contributed by atoms with Gasteiger partial charge < -0.3 is 5.11 Å². The summed E-state index contributed by atoms with van der Waals surface area (Å²) in [7, 11) is -4.31. The van der Waals surface area contributed by atoms with Gasteiger partial charge in [-0.2, -0.15) is 9.98 Å². The molecule has 2 rings (SSSR count). The number of sulfonamides is 1. The molecule has 1 aromatic rings. The number of carboxylic acids is 1. The number of halogens is 1. The highest BCUT2D eigenvalue weighted by Crippen LogP contribution is 2.32. The van der Waals surface area contributed by atoms with Crippen LogP contribution in [0.5, 0.6) is 0 Å². The molecule has 0 radical (unpaired) electrons. The zero-order valence-corrected chi connectivity index (χ0v) is 11.8.